The molecule has 0 amide bonds. The molecule has 2 aromatic carbocycles. The van der Waals surface area contributed by atoms with Crippen molar-refractivity contribution in [2.45, 2.75) is 33.2 Å². The zero-order valence-corrected chi connectivity index (χ0v) is 19.7. The second-order valence-electron chi connectivity index (χ2n) is 8.12. The Morgan fingerprint density at radius 2 is 1.86 bits per heavy atom. The smallest absolute Gasteiger partial charge is 0.328 e. The molecule has 0 aliphatic carbocycles. The van der Waals surface area contributed by atoms with E-state index in [4.69, 9.17) is 15.8 Å². The number of para-hydroxylation sites is 1. The number of nitrogen functional groups attached to an aromatic ring is 1. The lowest BCUT2D eigenvalue weighted by atomic mass is 10.1. The number of carboxylic acid groups (broad SMARTS) is 1. The van der Waals surface area contributed by atoms with Gasteiger partial charge in [0.2, 0.25) is 5.95 Å². The number of nitrogens with one attached hydrogen (secondary N) is 1. The van der Waals surface area contributed by atoms with E-state index in [9.17, 15) is 9.59 Å². The molecule has 0 radical (unpaired) electrons. The monoisotopic (exact) mass is 470 g/mol. The number of anilines is 2. The Morgan fingerprint density at radius 1 is 1.11 bits per heavy atom. The van der Waals surface area contributed by atoms with Crippen LogP contribution in [0.15, 0.2) is 59.4 Å². The van der Waals surface area contributed by atoms with E-state index in [-0.39, 0.29) is 11.5 Å². The molecule has 4 aromatic rings. The fraction of sp³-hybridized carbons (Fsp3) is 0.192. The van der Waals surface area contributed by atoms with E-state index in [1.165, 1.54) is 6.08 Å². The number of hydrogen-bond donors (Lipinski definition) is 3. The number of nitrogens with zero attached hydrogens (tertiary/aromatic N) is 4. The van der Waals surface area contributed by atoms with Gasteiger partial charge in [-0.05, 0) is 50.1 Å². The van der Waals surface area contributed by atoms with Gasteiger partial charge in [-0.1, -0.05) is 37.3 Å². The van der Waals surface area contributed by atoms with E-state index in [2.05, 4.69) is 15.3 Å². The van der Waals surface area contributed by atoms with Gasteiger partial charge in [-0.15, -0.1) is 0 Å². The minimum absolute atomic E-state index is 0.0508. The summed E-state index contributed by atoms with van der Waals surface area (Å²) < 4.78 is 1.61. The summed E-state index contributed by atoms with van der Waals surface area (Å²) in [5.41, 5.74) is 8.88. The molecule has 1 unspecified atom stereocenters. The predicted octanol–water partition coefficient (Wildman–Crippen LogP) is 4.04. The van der Waals surface area contributed by atoms with Crippen LogP contribution in [0.1, 0.15) is 42.0 Å². The molecule has 178 valence electrons. The minimum Gasteiger partial charge on any atom is -0.478 e. The van der Waals surface area contributed by atoms with Gasteiger partial charge in [-0.2, -0.15) is 4.98 Å². The van der Waals surface area contributed by atoms with Gasteiger partial charge in [0.05, 0.1) is 28.3 Å². The van der Waals surface area contributed by atoms with E-state index in [0.29, 0.717) is 45.9 Å². The molecule has 0 saturated heterocycles. The Hall–Kier alpha value is -4.53. The average molecular weight is 471 g/mol. The molecule has 0 fully saturated rings. The van der Waals surface area contributed by atoms with Crippen LogP contribution in [0, 0.1) is 13.8 Å². The lowest BCUT2D eigenvalue weighted by Gasteiger charge is -2.23. The van der Waals surface area contributed by atoms with Crippen LogP contribution in [-0.4, -0.2) is 30.6 Å². The highest BCUT2D eigenvalue weighted by molar-refractivity contribution is 5.87. The van der Waals surface area contributed by atoms with Crippen LogP contribution in [0.5, 0.6) is 0 Å². The molecular weight excluding hydrogens is 444 g/mol. The number of hydrogen-bond acceptors (Lipinski definition) is 7. The van der Waals surface area contributed by atoms with Crippen LogP contribution >= 0.6 is 0 Å². The molecule has 0 saturated carbocycles. The lowest BCUT2D eigenvalue weighted by Crippen LogP contribution is -2.29. The van der Waals surface area contributed by atoms with Crippen molar-refractivity contribution >= 4 is 34.7 Å². The highest BCUT2D eigenvalue weighted by Gasteiger charge is 2.22. The molecule has 1 atom stereocenters. The first-order chi connectivity index (χ1) is 16.8. The fourth-order valence-electron chi connectivity index (χ4n) is 4.05. The number of rotatable bonds is 7. The third-order valence-electron chi connectivity index (χ3n) is 5.72. The minimum atomic E-state index is -1.09. The van der Waals surface area contributed by atoms with E-state index in [1.807, 2.05) is 62.4 Å². The van der Waals surface area contributed by atoms with Crippen LogP contribution in [0.3, 0.4) is 0 Å². The van der Waals surface area contributed by atoms with Gasteiger partial charge in [-0.25, -0.2) is 14.8 Å². The number of aromatic nitrogens is 4. The third-order valence-corrected chi connectivity index (χ3v) is 5.72. The molecular formula is C26H26N6O3. The molecule has 0 aliphatic heterocycles. The molecule has 0 bridgehead atoms. The van der Waals surface area contributed by atoms with Gasteiger partial charge in [0.25, 0.3) is 5.56 Å². The van der Waals surface area contributed by atoms with Crippen molar-refractivity contribution in [1.29, 1.82) is 0 Å². The Kier molecular flexibility index (Phi) is 6.59. The number of carbonyl (C=O) groups is 1. The largest absolute Gasteiger partial charge is 0.478 e. The Bertz CT molecular complexity index is 1490. The van der Waals surface area contributed by atoms with Gasteiger partial charge in [0, 0.05) is 11.6 Å². The average Bonchev–Trinajstić information content (AvgIpc) is 2.82. The quantitative estimate of drug-likeness (QED) is 0.344. The SMILES string of the molecule is CCC(Nc1nc(N)nc(C)c1/C=C/C(=O)O)c1nc2cccc(C)c2c(=O)n1-c1ccccc1. The first kappa shape index (κ1) is 23.6. The number of carboxylic acids is 1. The summed E-state index contributed by atoms with van der Waals surface area (Å²) >= 11 is 0. The normalized spacial score (nSPS) is 12.2. The van der Waals surface area contributed by atoms with Crippen LogP contribution in [0.25, 0.3) is 22.7 Å². The van der Waals surface area contributed by atoms with Gasteiger partial charge in [0.1, 0.15) is 11.6 Å². The van der Waals surface area contributed by atoms with E-state index >= 15 is 0 Å². The Balaban J connectivity index is 1.94. The van der Waals surface area contributed by atoms with Gasteiger partial charge >= 0.3 is 5.97 Å². The summed E-state index contributed by atoms with van der Waals surface area (Å²) in [5.74, 6) is -0.180. The number of aliphatic carboxylic acids is 1. The first-order valence-corrected chi connectivity index (χ1v) is 11.2. The first-order valence-electron chi connectivity index (χ1n) is 11.2. The second kappa shape index (κ2) is 9.76. The highest BCUT2D eigenvalue weighted by Crippen LogP contribution is 2.28. The maximum Gasteiger partial charge on any atom is 0.328 e. The molecule has 9 nitrogen and oxygen atoms in total. The molecule has 2 aromatic heterocycles. The summed E-state index contributed by atoms with van der Waals surface area (Å²) in [7, 11) is 0. The second-order valence-corrected chi connectivity index (χ2v) is 8.12. The summed E-state index contributed by atoms with van der Waals surface area (Å²) in [5, 5.41) is 13.0. The number of aryl methyl sites for hydroxylation is 2. The molecule has 35 heavy (non-hydrogen) atoms. The summed E-state index contributed by atoms with van der Waals surface area (Å²) in [6, 6.07) is 14.5. The zero-order chi connectivity index (χ0) is 25.1. The number of fused-ring (bicyclic) bond motifs is 1. The predicted molar refractivity (Wildman–Crippen MR) is 137 cm³/mol. The number of benzene rings is 2. The van der Waals surface area contributed by atoms with Gasteiger partial charge in [0.15, 0.2) is 0 Å². The van der Waals surface area contributed by atoms with Crippen LogP contribution in [0.2, 0.25) is 0 Å². The molecule has 4 N–H and O–H groups in total. The summed E-state index contributed by atoms with van der Waals surface area (Å²) in [4.78, 5) is 38.3. The van der Waals surface area contributed by atoms with E-state index in [1.54, 1.807) is 11.5 Å². The van der Waals surface area contributed by atoms with Crippen molar-refractivity contribution in [3.8, 4) is 5.69 Å². The van der Waals surface area contributed by atoms with Crippen molar-refractivity contribution in [3.05, 3.63) is 87.6 Å². The molecule has 2 heterocycles. The van der Waals surface area contributed by atoms with Crippen molar-refractivity contribution in [3.63, 3.8) is 0 Å². The maximum atomic E-state index is 13.8. The molecule has 9 heteroatoms. The molecule has 0 spiro atoms. The standard InChI is InChI=1S/C26H26N6O3/c1-4-19(29-23-18(13-14-21(33)34)16(3)28-26(27)31-23)24-30-20-12-8-9-15(2)22(20)25(35)32(24)17-10-6-5-7-11-17/h5-14,19H,4H2,1-3H3,(H,33,34)(H3,27,28,29,31)/b14-13+. The summed E-state index contributed by atoms with van der Waals surface area (Å²) in [6.45, 7) is 5.58. The lowest BCUT2D eigenvalue weighted by molar-refractivity contribution is -0.131. The molecule has 0 aliphatic rings. The van der Waals surface area contributed by atoms with Crippen molar-refractivity contribution in [2.24, 2.45) is 0 Å². The van der Waals surface area contributed by atoms with Crippen molar-refractivity contribution in [2.75, 3.05) is 11.1 Å². The van der Waals surface area contributed by atoms with Crippen molar-refractivity contribution < 1.29 is 9.90 Å². The number of nitrogens with two attached hydrogens (primary N) is 1. The summed E-state index contributed by atoms with van der Waals surface area (Å²) in [6.07, 6.45) is 3.00. The van der Waals surface area contributed by atoms with Crippen molar-refractivity contribution in [1.82, 2.24) is 19.5 Å². The van der Waals surface area contributed by atoms with Crippen LogP contribution in [-0.2, 0) is 4.79 Å². The Labute approximate surface area is 202 Å². The third kappa shape index (κ3) is 4.74. The van der Waals surface area contributed by atoms with E-state index in [0.717, 1.165) is 11.6 Å². The van der Waals surface area contributed by atoms with Crippen LogP contribution in [0.4, 0.5) is 11.8 Å². The zero-order valence-electron chi connectivity index (χ0n) is 19.7. The Morgan fingerprint density at radius 3 is 2.54 bits per heavy atom. The maximum absolute atomic E-state index is 13.8. The fourth-order valence-corrected chi connectivity index (χ4v) is 4.05. The van der Waals surface area contributed by atoms with Gasteiger partial charge < -0.3 is 16.2 Å². The topological polar surface area (TPSA) is 136 Å². The highest BCUT2D eigenvalue weighted by atomic mass is 16.4. The van der Waals surface area contributed by atoms with Crippen LogP contribution < -0.4 is 16.6 Å². The van der Waals surface area contributed by atoms with Gasteiger partial charge in [-0.3, -0.25) is 9.36 Å². The van der Waals surface area contributed by atoms with E-state index < -0.39 is 12.0 Å². The molecule has 4 rings (SSSR count).